The number of fused-ring (bicyclic) bond motifs is 1. The number of carbonyl (C=O) groups is 2. The van der Waals surface area contributed by atoms with Crippen molar-refractivity contribution in [1.29, 1.82) is 0 Å². The molecule has 2 aliphatic rings. The highest BCUT2D eigenvalue weighted by atomic mass is 19.1. The number of halogens is 1. The summed E-state index contributed by atoms with van der Waals surface area (Å²) in [6, 6.07) is 5.93. The molecule has 0 N–H and O–H groups in total. The van der Waals surface area contributed by atoms with E-state index in [0.717, 1.165) is 0 Å². The smallest absolute Gasteiger partial charge is 0.410 e. The van der Waals surface area contributed by atoms with E-state index in [9.17, 15) is 14.0 Å². The maximum absolute atomic E-state index is 13.8. The fraction of sp³-hybridized carbons (Fsp3) is 0.524. The van der Waals surface area contributed by atoms with Crippen LogP contribution < -0.4 is 0 Å². The fourth-order valence-corrected chi connectivity index (χ4v) is 3.68. The molecular weight excluding hydrogens is 363 g/mol. The van der Waals surface area contributed by atoms with Gasteiger partial charge in [0.1, 0.15) is 17.3 Å². The summed E-state index contributed by atoms with van der Waals surface area (Å²) in [5, 5.41) is 0. The van der Waals surface area contributed by atoms with Crippen molar-refractivity contribution in [2.45, 2.75) is 39.3 Å². The minimum Gasteiger partial charge on any atom is -0.465 e. The molecule has 28 heavy (non-hydrogen) atoms. The molecular formula is C21H27FN2O4. The molecule has 2 atom stereocenters. The molecule has 1 fully saturated rings. The summed E-state index contributed by atoms with van der Waals surface area (Å²) >= 11 is 0. The minimum atomic E-state index is -0.591. The summed E-state index contributed by atoms with van der Waals surface area (Å²) in [6.07, 6.45) is 1.50. The molecule has 1 aromatic rings. The van der Waals surface area contributed by atoms with Gasteiger partial charge >= 0.3 is 12.1 Å². The van der Waals surface area contributed by atoms with E-state index >= 15 is 0 Å². The number of nitrogens with zero attached hydrogens (tertiary/aromatic N) is 2. The van der Waals surface area contributed by atoms with Gasteiger partial charge in [-0.25, -0.2) is 9.18 Å². The number of esters is 1. The van der Waals surface area contributed by atoms with Gasteiger partial charge in [0, 0.05) is 25.8 Å². The van der Waals surface area contributed by atoms with Crippen LogP contribution in [0.4, 0.5) is 9.18 Å². The standard InChI is InChI=1S/C21H27FN2O4/c1-5-27-19(25)18-16(14-7-6-8-15(22)11-14)12-23-9-10-24(13-17(18)23)20(26)28-21(2,3)4/h6-8,11-12,17-18H,5,9-10,13H2,1-4H3. The highest BCUT2D eigenvalue weighted by molar-refractivity contribution is 5.91. The average Bonchev–Trinajstić information content (AvgIpc) is 2.99. The molecule has 2 heterocycles. The first-order valence-electron chi connectivity index (χ1n) is 9.57. The van der Waals surface area contributed by atoms with E-state index in [1.165, 1.54) is 12.1 Å². The molecule has 0 aromatic heterocycles. The van der Waals surface area contributed by atoms with Gasteiger partial charge in [0.2, 0.25) is 0 Å². The molecule has 1 saturated heterocycles. The summed E-state index contributed by atoms with van der Waals surface area (Å²) < 4.78 is 24.5. The largest absolute Gasteiger partial charge is 0.465 e. The molecule has 152 valence electrons. The normalized spacial score (nSPS) is 21.8. The van der Waals surface area contributed by atoms with Crippen molar-refractivity contribution in [1.82, 2.24) is 9.80 Å². The van der Waals surface area contributed by atoms with E-state index in [1.54, 1.807) is 24.0 Å². The number of ether oxygens (including phenoxy) is 2. The highest BCUT2D eigenvalue weighted by Crippen LogP contribution is 2.38. The Kier molecular flexibility index (Phi) is 5.63. The Hall–Kier alpha value is -2.57. The van der Waals surface area contributed by atoms with Crippen LogP contribution in [0.1, 0.15) is 33.3 Å². The van der Waals surface area contributed by atoms with Gasteiger partial charge in [-0.1, -0.05) is 12.1 Å². The predicted octanol–water partition coefficient (Wildman–Crippen LogP) is 3.28. The highest BCUT2D eigenvalue weighted by Gasteiger charge is 2.45. The minimum absolute atomic E-state index is 0.258. The number of carbonyl (C=O) groups excluding carboxylic acids is 2. The summed E-state index contributed by atoms with van der Waals surface area (Å²) in [6.45, 7) is 8.88. The molecule has 0 saturated carbocycles. The zero-order valence-corrected chi connectivity index (χ0v) is 16.8. The zero-order chi connectivity index (χ0) is 20.5. The Morgan fingerprint density at radius 2 is 2.00 bits per heavy atom. The molecule has 3 rings (SSSR count). The first-order chi connectivity index (χ1) is 13.2. The lowest BCUT2D eigenvalue weighted by molar-refractivity contribution is -0.147. The van der Waals surface area contributed by atoms with Crippen molar-refractivity contribution in [2.24, 2.45) is 5.92 Å². The quantitative estimate of drug-likeness (QED) is 0.742. The van der Waals surface area contributed by atoms with Gasteiger partial charge in [-0.2, -0.15) is 0 Å². The Labute approximate surface area is 164 Å². The Bertz CT molecular complexity index is 787. The van der Waals surface area contributed by atoms with E-state index in [4.69, 9.17) is 9.47 Å². The van der Waals surface area contributed by atoms with Crippen molar-refractivity contribution in [2.75, 3.05) is 26.2 Å². The van der Waals surface area contributed by atoms with E-state index in [2.05, 4.69) is 0 Å². The molecule has 0 bridgehead atoms. The summed E-state index contributed by atoms with van der Waals surface area (Å²) in [5.74, 6) is -1.32. The molecule has 0 spiro atoms. The van der Waals surface area contributed by atoms with Crippen molar-refractivity contribution < 1.29 is 23.5 Å². The van der Waals surface area contributed by atoms with E-state index in [1.807, 2.05) is 31.9 Å². The van der Waals surface area contributed by atoms with Crippen LogP contribution in [0.25, 0.3) is 5.57 Å². The topological polar surface area (TPSA) is 59.1 Å². The van der Waals surface area contributed by atoms with Crippen LogP contribution in [0.5, 0.6) is 0 Å². The van der Waals surface area contributed by atoms with Crippen LogP contribution in [-0.4, -0.2) is 59.7 Å². The van der Waals surface area contributed by atoms with Crippen LogP contribution in [0.3, 0.4) is 0 Å². The van der Waals surface area contributed by atoms with Crippen molar-refractivity contribution in [3.63, 3.8) is 0 Å². The van der Waals surface area contributed by atoms with Gasteiger partial charge in [-0.15, -0.1) is 0 Å². The molecule has 2 unspecified atom stereocenters. The summed E-state index contributed by atoms with van der Waals surface area (Å²) in [5.41, 5.74) is 0.778. The third kappa shape index (κ3) is 4.29. The SMILES string of the molecule is CCOC(=O)C1C(c2cccc(F)c2)=CN2CCN(C(=O)OC(C)(C)C)CC12. The van der Waals surface area contributed by atoms with Crippen LogP contribution in [0.2, 0.25) is 0 Å². The average molecular weight is 390 g/mol. The van der Waals surface area contributed by atoms with Gasteiger partial charge < -0.3 is 19.3 Å². The predicted molar refractivity (Wildman–Crippen MR) is 103 cm³/mol. The van der Waals surface area contributed by atoms with Gasteiger partial charge in [0.25, 0.3) is 0 Å². The summed E-state index contributed by atoms with van der Waals surface area (Å²) in [7, 11) is 0. The Morgan fingerprint density at radius 3 is 2.64 bits per heavy atom. The maximum Gasteiger partial charge on any atom is 0.410 e. The molecule has 2 aliphatic heterocycles. The number of amides is 1. The van der Waals surface area contributed by atoms with Gasteiger partial charge in [0.05, 0.1) is 12.6 Å². The van der Waals surface area contributed by atoms with Crippen molar-refractivity contribution >= 4 is 17.6 Å². The second kappa shape index (κ2) is 7.81. The maximum atomic E-state index is 13.8. The van der Waals surface area contributed by atoms with Crippen LogP contribution in [0.15, 0.2) is 30.5 Å². The first-order valence-corrected chi connectivity index (χ1v) is 9.57. The lowest BCUT2D eigenvalue weighted by Gasteiger charge is -2.40. The van der Waals surface area contributed by atoms with E-state index in [-0.39, 0.29) is 24.4 Å². The second-order valence-electron chi connectivity index (χ2n) is 8.06. The van der Waals surface area contributed by atoms with Crippen molar-refractivity contribution in [3.05, 3.63) is 41.8 Å². The third-order valence-corrected chi connectivity index (χ3v) is 4.84. The number of hydrogen-bond donors (Lipinski definition) is 0. The van der Waals surface area contributed by atoms with Crippen LogP contribution in [0, 0.1) is 11.7 Å². The lowest BCUT2D eigenvalue weighted by atomic mass is 9.89. The van der Waals surface area contributed by atoms with E-state index in [0.29, 0.717) is 30.8 Å². The first kappa shape index (κ1) is 20.2. The van der Waals surface area contributed by atoms with Crippen LogP contribution in [-0.2, 0) is 14.3 Å². The molecule has 7 heteroatoms. The Morgan fingerprint density at radius 1 is 1.25 bits per heavy atom. The Balaban J connectivity index is 1.86. The fourth-order valence-electron chi connectivity index (χ4n) is 3.68. The second-order valence-corrected chi connectivity index (χ2v) is 8.06. The summed E-state index contributed by atoms with van der Waals surface area (Å²) in [4.78, 5) is 28.9. The number of benzene rings is 1. The molecule has 0 radical (unpaired) electrons. The molecule has 1 amide bonds. The zero-order valence-electron chi connectivity index (χ0n) is 16.8. The third-order valence-electron chi connectivity index (χ3n) is 4.84. The van der Waals surface area contributed by atoms with Gasteiger partial charge in [-0.05, 0) is 51.0 Å². The van der Waals surface area contributed by atoms with Gasteiger partial charge in [-0.3, -0.25) is 4.79 Å². The van der Waals surface area contributed by atoms with Crippen LogP contribution >= 0.6 is 0 Å². The monoisotopic (exact) mass is 390 g/mol. The number of rotatable bonds is 3. The van der Waals surface area contributed by atoms with E-state index < -0.39 is 17.6 Å². The molecule has 6 nitrogen and oxygen atoms in total. The molecule has 0 aliphatic carbocycles. The lowest BCUT2D eigenvalue weighted by Crippen LogP contribution is -2.55. The molecule has 1 aromatic carbocycles. The van der Waals surface area contributed by atoms with Crippen molar-refractivity contribution in [3.8, 4) is 0 Å². The number of piperazine rings is 1. The van der Waals surface area contributed by atoms with Gasteiger partial charge in [0.15, 0.2) is 0 Å². The number of hydrogen-bond acceptors (Lipinski definition) is 5.